The predicted octanol–water partition coefficient (Wildman–Crippen LogP) is 5.29. The smallest absolute Gasteiger partial charge is 0.267 e. The molecule has 0 radical (unpaired) electrons. The van der Waals surface area contributed by atoms with Gasteiger partial charge in [0.2, 0.25) is 0 Å². The Morgan fingerprint density at radius 1 is 0.974 bits per heavy atom. The van der Waals surface area contributed by atoms with E-state index in [1.165, 1.54) is 0 Å². The van der Waals surface area contributed by atoms with Gasteiger partial charge in [-0.3, -0.25) is 9.59 Å². The summed E-state index contributed by atoms with van der Waals surface area (Å²) in [5, 5.41) is 10.7. The van der Waals surface area contributed by atoms with E-state index in [2.05, 4.69) is 38.1 Å². The second-order valence-corrected chi connectivity index (χ2v) is 10.8. The van der Waals surface area contributed by atoms with Gasteiger partial charge in [-0.2, -0.15) is 5.10 Å². The zero-order chi connectivity index (χ0) is 27.8. The fraction of sp³-hybridized carbons (Fsp3) is 0.194. The summed E-state index contributed by atoms with van der Waals surface area (Å²) in [5.41, 5.74) is 4.90. The maximum absolute atomic E-state index is 13.3. The van der Waals surface area contributed by atoms with Crippen molar-refractivity contribution in [2.24, 2.45) is 0 Å². The number of amides is 2. The average molecular weight is 634 g/mol. The molecule has 0 aliphatic rings. The molecule has 7 nitrogen and oxygen atoms in total. The normalized spacial score (nSPS) is 11.5. The van der Waals surface area contributed by atoms with Crippen molar-refractivity contribution in [3.05, 3.63) is 111 Å². The summed E-state index contributed by atoms with van der Waals surface area (Å²) < 4.78 is 2.90. The SMILES string of the molecule is Cc1ccc(C(=O)NC(=Cc2cn(-c3ccccc3)nc2-c2ccc(I)cc2)C(=O)NCCCN(C)C)cc1. The number of hydrogen-bond acceptors (Lipinski definition) is 4. The Hall–Kier alpha value is -3.76. The first-order valence-electron chi connectivity index (χ1n) is 12.7. The standard InChI is InChI=1S/C31H32IN5O2/c1-22-10-12-24(13-11-22)30(38)34-28(31(39)33-18-7-19-36(2)3)20-25-21-37(27-8-5-4-6-9-27)35-29(25)23-14-16-26(32)17-15-23/h4-6,8-17,20-21H,7,18-19H2,1-3H3,(H,33,39)(H,34,38). The number of aromatic nitrogens is 2. The Morgan fingerprint density at radius 2 is 1.67 bits per heavy atom. The van der Waals surface area contributed by atoms with E-state index in [4.69, 9.17) is 5.10 Å². The molecule has 0 unspecified atom stereocenters. The van der Waals surface area contributed by atoms with Crippen LogP contribution in [0.2, 0.25) is 0 Å². The van der Waals surface area contributed by atoms with Crippen molar-refractivity contribution in [3.63, 3.8) is 0 Å². The van der Waals surface area contributed by atoms with Gasteiger partial charge in [-0.25, -0.2) is 4.68 Å². The second kappa shape index (κ2) is 13.3. The Balaban J connectivity index is 1.73. The third-order valence-corrected chi connectivity index (χ3v) is 6.77. The van der Waals surface area contributed by atoms with E-state index < -0.39 is 0 Å². The van der Waals surface area contributed by atoms with Gasteiger partial charge in [-0.05, 0) is 99.0 Å². The summed E-state index contributed by atoms with van der Waals surface area (Å²) in [7, 11) is 3.98. The summed E-state index contributed by atoms with van der Waals surface area (Å²) in [5.74, 6) is -0.703. The molecule has 1 heterocycles. The first-order valence-corrected chi connectivity index (χ1v) is 13.8. The van der Waals surface area contributed by atoms with Crippen molar-refractivity contribution in [3.8, 4) is 16.9 Å². The minimum absolute atomic E-state index is 0.157. The number of hydrogen-bond donors (Lipinski definition) is 2. The third kappa shape index (κ3) is 7.87. The summed E-state index contributed by atoms with van der Waals surface area (Å²) >= 11 is 2.27. The molecule has 2 N–H and O–H groups in total. The van der Waals surface area contributed by atoms with Gasteiger partial charge < -0.3 is 15.5 Å². The van der Waals surface area contributed by atoms with E-state index in [1.807, 2.05) is 93.9 Å². The van der Waals surface area contributed by atoms with Crippen LogP contribution in [0.15, 0.2) is 90.8 Å². The number of aryl methyl sites for hydroxylation is 1. The summed E-state index contributed by atoms with van der Waals surface area (Å²) in [6.07, 6.45) is 4.37. The molecule has 0 saturated carbocycles. The monoisotopic (exact) mass is 633 g/mol. The van der Waals surface area contributed by atoms with Crippen LogP contribution in [0.3, 0.4) is 0 Å². The molecule has 3 aromatic carbocycles. The Labute approximate surface area is 243 Å². The van der Waals surface area contributed by atoms with Gasteiger partial charge in [-0.15, -0.1) is 0 Å². The number of benzene rings is 3. The van der Waals surface area contributed by atoms with E-state index in [1.54, 1.807) is 22.9 Å². The lowest BCUT2D eigenvalue weighted by Crippen LogP contribution is -2.36. The van der Waals surface area contributed by atoms with Crippen molar-refractivity contribution in [2.75, 3.05) is 27.2 Å². The molecule has 0 atom stereocenters. The van der Waals surface area contributed by atoms with E-state index in [9.17, 15) is 9.59 Å². The van der Waals surface area contributed by atoms with Crippen LogP contribution >= 0.6 is 22.6 Å². The molecular formula is C31H32IN5O2. The lowest BCUT2D eigenvalue weighted by molar-refractivity contribution is -0.117. The van der Waals surface area contributed by atoms with E-state index in [0.29, 0.717) is 23.4 Å². The number of para-hydroxylation sites is 1. The predicted molar refractivity (Wildman–Crippen MR) is 165 cm³/mol. The maximum atomic E-state index is 13.3. The summed E-state index contributed by atoms with van der Waals surface area (Å²) in [6, 6.07) is 25.1. The van der Waals surface area contributed by atoms with Crippen molar-refractivity contribution in [1.29, 1.82) is 0 Å². The van der Waals surface area contributed by atoms with Crippen LogP contribution in [-0.2, 0) is 4.79 Å². The highest BCUT2D eigenvalue weighted by Crippen LogP contribution is 2.26. The van der Waals surface area contributed by atoms with Gasteiger partial charge >= 0.3 is 0 Å². The average Bonchev–Trinajstić information content (AvgIpc) is 3.35. The fourth-order valence-electron chi connectivity index (χ4n) is 3.94. The highest BCUT2D eigenvalue weighted by molar-refractivity contribution is 14.1. The molecule has 0 spiro atoms. The molecule has 0 bridgehead atoms. The van der Waals surface area contributed by atoms with Gasteiger partial charge in [0, 0.05) is 33.0 Å². The van der Waals surface area contributed by atoms with E-state index in [-0.39, 0.29) is 17.5 Å². The lowest BCUT2D eigenvalue weighted by Gasteiger charge is -2.13. The van der Waals surface area contributed by atoms with Crippen molar-refractivity contribution in [2.45, 2.75) is 13.3 Å². The van der Waals surface area contributed by atoms with Crippen LogP contribution in [0.1, 0.15) is 27.9 Å². The van der Waals surface area contributed by atoms with Crippen LogP contribution < -0.4 is 10.6 Å². The molecule has 4 rings (SSSR count). The van der Waals surface area contributed by atoms with Crippen LogP contribution in [-0.4, -0.2) is 53.7 Å². The van der Waals surface area contributed by atoms with Crippen LogP contribution in [0.4, 0.5) is 0 Å². The number of nitrogens with zero attached hydrogens (tertiary/aromatic N) is 3. The van der Waals surface area contributed by atoms with Gasteiger partial charge in [0.25, 0.3) is 11.8 Å². The topological polar surface area (TPSA) is 79.3 Å². The number of nitrogens with one attached hydrogen (secondary N) is 2. The molecule has 8 heteroatoms. The highest BCUT2D eigenvalue weighted by atomic mass is 127. The molecule has 0 aliphatic carbocycles. The first-order chi connectivity index (χ1) is 18.8. The molecule has 4 aromatic rings. The molecule has 200 valence electrons. The molecule has 1 aromatic heterocycles. The Bertz CT molecular complexity index is 1440. The molecule has 0 saturated heterocycles. The van der Waals surface area contributed by atoms with Gasteiger partial charge in [-0.1, -0.05) is 48.0 Å². The van der Waals surface area contributed by atoms with E-state index in [0.717, 1.165) is 33.4 Å². The minimum Gasteiger partial charge on any atom is -0.351 e. The number of rotatable bonds is 10. The summed E-state index contributed by atoms with van der Waals surface area (Å²) in [4.78, 5) is 28.5. The molecule has 2 amide bonds. The second-order valence-electron chi connectivity index (χ2n) is 9.51. The van der Waals surface area contributed by atoms with Gasteiger partial charge in [0.1, 0.15) is 11.4 Å². The van der Waals surface area contributed by atoms with E-state index >= 15 is 0 Å². The third-order valence-electron chi connectivity index (χ3n) is 6.06. The number of carbonyl (C=O) groups excluding carboxylic acids is 2. The Kier molecular flexibility index (Phi) is 9.67. The van der Waals surface area contributed by atoms with Crippen LogP contribution in [0.25, 0.3) is 23.0 Å². The lowest BCUT2D eigenvalue weighted by atomic mass is 10.1. The zero-order valence-electron chi connectivity index (χ0n) is 22.3. The zero-order valence-corrected chi connectivity index (χ0v) is 24.5. The largest absolute Gasteiger partial charge is 0.351 e. The summed E-state index contributed by atoms with van der Waals surface area (Å²) in [6.45, 7) is 3.29. The van der Waals surface area contributed by atoms with Crippen molar-refractivity contribution < 1.29 is 9.59 Å². The number of carbonyl (C=O) groups is 2. The quantitative estimate of drug-likeness (QED) is 0.141. The van der Waals surface area contributed by atoms with Gasteiger partial charge in [0.15, 0.2) is 0 Å². The van der Waals surface area contributed by atoms with Crippen molar-refractivity contribution >= 4 is 40.5 Å². The number of halogens is 1. The molecule has 0 fully saturated rings. The molecule has 0 aliphatic heterocycles. The van der Waals surface area contributed by atoms with Crippen LogP contribution in [0, 0.1) is 10.5 Å². The highest BCUT2D eigenvalue weighted by Gasteiger charge is 2.18. The van der Waals surface area contributed by atoms with Crippen molar-refractivity contribution in [1.82, 2.24) is 25.3 Å². The van der Waals surface area contributed by atoms with Gasteiger partial charge in [0.05, 0.1) is 5.69 Å². The minimum atomic E-state index is -0.352. The van der Waals surface area contributed by atoms with Crippen LogP contribution in [0.5, 0.6) is 0 Å². The Morgan fingerprint density at radius 3 is 2.33 bits per heavy atom. The maximum Gasteiger partial charge on any atom is 0.267 e. The molecule has 39 heavy (non-hydrogen) atoms. The first kappa shape index (κ1) is 28.3. The molecular weight excluding hydrogens is 601 g/mol. The fourth-order valence-corrected chi connectivity index (χ4v) is 4.30.